The lowest BCUT2D eigenvalue weighted by molar-refractivity contribution is -0.123. The van der Waals surface area contributed by atoms with Gasteiger partial charge in [-0.1, -0.05) is 54.2 Å². The number of pyridine rings is 1. The first-order chi connectivity index (χ1) is 15.1. The molecule has 0 aliphatic carbocycles. The van der Waals surface area contributed by atoms with Gasteiger partial charge in [0.2, 0.25) is 0 Å². The zero-order valence-electron chi connectivity index (χ0n) is 17.5. The summed E-state index contributed by atoms with van der Waals surface area (Å²) in [5.41, 5.74) is 5.78. The van der Waals surface area contributed by atoms with Crippen LogP contribution in [-0.2, 0) is 17.1 Å². The number of amides is 1. The Kier molecular flexibility index (Phi) is 6.52. The largest absolute Gasteiger partial charge is 0.483 e. The lowest BCUT2D eigenvalue weighted by Gasteiger charge is -2.14. The maximum atomic E-state index is 12.2. The number of H-pyrrole nitrogens is 1. The van der Waals surface area contributed by atoms with E-state index in [0.717, 1.165) is 38.6 Å². The van der Waals surface area contributed by atoms with Crippen LogP contribution in [0.2, 0.25) is 0 Å². The fourth-order valence-electron chi connectivity index (χ4n) is 3.24. The van der Waals surface area contributed by atoms with Crippen LogP contribution in [0.25, 0.3) is 11.0 Å². The SMILES string of the molecule is Cc1cnc(CSc2nc3ccccc3[nH]2)c(C)c1OCC(=O)NCc1ccccc1. The van der Waals surface area contributed by atoms with Crippen molar-refractivity contribution in [2.75, 3.05) is 6.61 Å². The predicted octanol–water partition coefficient (Wildman–Crippen LogP) is 4.56. The van der Waals surface area contributed by atoms with E-state index in [1.807, 2.05) is 68.4 Å². The van der Waals surface area contributed by atoms with Crippen LogP contribution in [0.4, 0.5) is 0 Å². The van der Waals surface area contributed by atoms with Crippen LogP contribution >= 0.6 is 11.8 Å². The molecule has 4 aromatic rings. The molecule has 7 heteroatoms. The van der Waals surface area contributed by atoms with Crippen molar-refractivity contribution in [1.82, 2.24) is 20.3 Å². The number of hydrogen-bond donors (Lipinski definition) is 2. The summed E-state index contributed by atoms with van der Waals surface area (Å²) in [6.45, 7) is 4.37. The monoisotopic (exact) mass is 432 g/mol. The number of rotatable bonds is 8. The van der Waals surface area contributed by atoms with Gasteiger partial charge >= 0.3 is 0 Å². The second-order valence-electron chi connectivity index (χ2n) is 7.24. The number of carbonyl (C=O) groups excluding carboxylic acids is 1. The first-order valence-electron chi connectivity index (χ1n) is 10.1. The summed E-state index contributed by atoms with van der Waals surface area (Å²) in [5, 5.41) is 3.74. The van der Waals surface area contributed by atoms with Crippen LogP contribution in [0.5, 0.6) is 5.75 Å². The second-order valence-corrected chi connectivity index (χ2v) is 8.20. The lowest BCUT2D eigenvalue weighted by atomic mass is 10.1. The quantitative estimate of drug-likeness (QED) is 0.399. The van der Waals surface area contributed by atoms with Gasteiger partial charge in [0.1, 0.15) is 5.75 Å². The molecule has 158 valence electrons. The lowest BCUT2D eigenvalue weighted by Crippen LogP contribution is -2.28. The third-order valence-corrected chi connectivity index (χ3v) is 5.82. The average Bonchev–Trinajstić information content (AvgIpc) is 3.21. The van der Waals surface area contributed by atoms with E-state index in [1.165, 1.54) is 0 Å². The molecule has 0 atom stereocenters. The number of ether oxygens (including phenoxy) is 1. The molecule has 0 aliphatic rings. The van der Waals surface area contributed by atoms with Crippen molar-refractivity contribution in [2.24, 2.45) is 0 Å². The Balaban J connectivity index is 1.36. The Morgan fingerprint density at radius 3 is 2.68 bits per heavy atom. The number of aromatic amines is 1. The van der Waals surface area contributed by atoms with Crippen LogP contribution in [-0.4, -0.2) is 27.5 Å². The van der Waals surface area contributed by atoms with Gasteiger partial charge in [-0.05, 0) is 31.5 Å². The highest BCUT2D eigenvalue weighted by molar-refractivity contribution is 7.98. The van der Waals surface area contributed by atoms with Crippen LogP contribution in [0.1, 0.15) is 22.4 Å². The highest BCUT2D eigenvalue weighted by atomic mass is 32.2. The van der Waals surface area contributed by atoms with E-state index in [4.69, 9.17) is 4.74 Å². The average molecular weight is 433 g/mol. The Labute approximate surface area is 185 Å². The number of fused-ring (bicyclic) bond motifs is 1. The molecule has 0 aliphatic heterocycles. The molecule has 4 rings (SSSR count). The summed E-state index contributed by atoms with van der Waals surface area (Å²) in [4.78, 5) is 24.7. The Bertz CT molecular complexity index is 1160. The van der Waals surface area contributed by atoms with E-state index >= 15 is 0 Å². The van der Waals surface area contributed by atoms with Crippen LogP contribution in [0.3, 0.4) is 0 Å². The normalized spacial score (nSPS) is 10.9. The summed E-state index contributed by atoms with van der Waals surface area (Å²) >= 11 is 1.59. The number of aryl methyl sites for hydroxylation is 1. The molecular formula is C24H24N4O2S. The van der Waals surface area contributed by atoms with Crippen LogP contribution in [0, 0.1) is 13.8 Å². The number of hydrogen-bond acceptors (Lipinski definition) is 5. The number of imidazole rings is 1. The van der Waals surface area contributed by atoms with E-state index in [-0.39, 0.29) is 12.5 Å². The Morgan fingerprint density at radius 1 is 1.10 bits per heavy atom. The Morgan fingerprint density at radius 2 is 1.87 bits per heavy atom. The van der Waals surface area contributed by atoms with Crippen molar-refractivity contribution in [3.05, 3.63) is 83.2 Å². The van der Waals surface area contributed by atoms with Gasteiger partial charge in [-0.2, -0.15) is 0 Å². The van der Waals surface area contributed by atoms with Crippen molar-refractivity contribution in [3.63, 3.8) is 0 Å². The van der Waals surface area contributed by atoms with E-state index in [2.05, 4.69) is 20.3 Å². The first kappa shape index (κ1) is 20.9. The van der Waals surface area contributed by atoms with Gasteiger partial charge in [0.05, 0.1) is 16.7 Å². The minimum atomic E-state index is -0.155. The number of carbonyl (C=O) groups is 1. The number of thioether (sulfide) groups is 1. The van der Waals surface area contributed by atoms with Gasteiger partial charge < -0.3 is 15.0 Å². The van der Waals surface area contributed by atoms with Gasteiger partial charge in [0.15, 0.2) is 11.8 Å². The molecule has 0 saturated heterocycles. The van der Waals surface area contributed by atoms with Crippen molar-refractivity contribution in [2.45, 2.75) is 31.3 Å². The third kappa shape index (κ3) is 5.24. The number of nitrogens with zero attached hydrogens (tertiary/aromatic N) is 2. The molecular weight excluding hydrogens is 408 g/mol. The molecule has 1 amide bonds. The van der Waals surface area contributed by atoms with Gasteiger partial charge in [0, 0.05) is 29.6 Å². The molecule has 2 aromatic carbocycles. The Hall–Kier alpha value is -3.32. The molecule has 0 fully saturated rings. The van der Waals surface area contributed by atoms with E-state index in [0.29, 0.717) is 18.0 Å². The van der Waals surface area contributed by atoms with E-state index < -0.39 is 0 Å². The topological polar surface area (TPSA) is 79.9 Å². The molecule has 31 heavy (non-hydrogen) atoms. The maximum absolute atomic E-state index is 12.2. The van der Waals surface area contributed by atoms with Crippen LogP contribution < -0.4 is 10.1 Å². The molecule has 0 spiro atoms. The predicted molar refractivity (Wildman–Crippen MR) is 123 cm³/mol. The molecule has 2 aromatic heterocycles. The molecule has 0 radical (unpaired) electrons. The summed E-state index contributed by atoms with van der Waals surface area (Å²) in [6.07, 6.45) is 1.79. The van der Waals surface area contributed by atoms with Gasteiger partial charge in [-0.3, -0.25) is 9.78 Å². The zero-order valence-corrected chi connectivity index (χ0v) is 18.3. The fraction of sp³-hybridized carbons (Fsp3) is 0.208. The number of para-hydroxylation sites is 2. The van der Waals surface area contributed by atoms with Gasteiger partial charge in [-0.25, -0.2) is 4.98 Å². The first-order valence-corrected chi connectivity index (χ1v) is 11.0. The minimum absolute atomic E-state index is 0.0331. The van der Waals surface area contributed by atoms with Crippen molar-refractivity contribution in [3.8, 4) is 5.75 Å². The second kappa shape index (κ2) is 9.66. The molecule has 0 saturated carbocycles. The van der Waals surface area contributed by atoms with Crippen LogP contribution in [0.15, 0.2) is 66.0 Å². The fourth-order valence-corrected chi connectivity index (χ4v) is 4.15. The summed E-state index contributed by atoms with van der Waals surface area (Å²) in [5.74, 6) is 1.21. The number of nitrogens with one attached hydrogen (secondary N) is 2. The summed E-state index contributed by atoms with van der Waals surface area (Å²) in [6, 6.07) is 17.8. The molecule has 2 heterocycles. The smallest absolute Gasteiger partial charge is 0.258 e. The maximum Gasteiger partial charge on any atom is 0.258 e. The van der Waals surface area contributed by atoms with Crippen molar-refractivity contribution >= 4 is 28.7 Å². The highest BCUT2D eigenvalue weighted by Gasteiger charge is 2.13. The van der Waals surface area contributed by atoms with Crippen molar-refractivity contribution in [1.29, 1.82) is 0 Å². The number of aromatic nitrogens is 3. The highest BCUT2D eigenvalue weighted by Crippen LogP contribution is 2.29. The molecule has 2 N–H and O–H groups in total. The third-order valence-electron chi connectivity index (χ3n) is 4.94. The molecule has 0 bridgehead atoms. The van der Waals surface area contributed by atoms with E-state index in [9.17, 15) is 4.79 Å². The zero-order chi connectivity index (χ0) is 21.6. The number of benzene rings is 2. The van der Waals surface area contributed by atoms with Gasteiger partial charge in [0.25, 0.3) is 5.91 Å². The minimum Gasteiger partial charge on any atom is -0.483 e. The van der Waals surface area contributed by atoms with Gasteiger partial charge in [-0.15, -0.1) is 0 Å². The standard InChI is InChI=1S/C24H24N4O2S/c1-16-12-25-21(15-31-24-27-19-10-6-7-11-20(19)28-24)17(2)23(16)30-14-22(29)26-13-18-8-4-3-5-9-18/h3-12H,13-15H2,1-2H3,(H,26,29)(H,27,28). The molecule has 0 unspecified atom stereocenters. The van der Waals surface area contributed by atoms with E-state index in [1.54, 1.807) is 18.0 Å². The summed E-state index contributed by atoms with van der Waals surface area (Å²) in [7, 11) is 0. The molecule has 6 nitrogen and oxygen atoms in total. The van der Waals surface area contributed by atoms with Crippen molar-refractivity contribution < 1.29 is 9.53 Å². The summed E-state index contributed by atoms with van der Waals surface area (Å²) < 4.78 is 5.87.